The predicted molar refractivity (Wildman–Crippen MR) is 207 cm³/mol. The number of phenolic OH excluding ortho intramolecular Hbond substituents is 2. The number of aliphatic hydroxyl groups is 2. The molecule has 286 valence electrons. The molecule has 0 spiro atoms. The van der Waals surface area contributed by atoms with Crippen molar-refractivity contribution in [2.75, 3.05) is 0 Å². The van der Waals surface area contributed by atoms with Crippen LogP contribution in [0.15, 0.2) is 48.5 Å². The third-order valence-corrected chi connectivity index (χ3v) is 10.5. The first-order valence-electron chi connectivity index (χ1n) is 18.1. The fourth-order valence-corrected chi connectivity index (χ4v) is 7.18. The van der Waals surface area contributed by atoms with Gasteiger partial charge in [0.2, 0.25) is 0 Å². The number of hydrogen-bond acceptors (Lipinski definition) is 6. The van der Waals surface area contributed by atoms with Crippen LogP contribution < -0.4 is 0 Å². The lowest BCUT2D eigenvalue weighted by Crippen LogP contribution is -2.34. The van der Waals surface area contributed by atoms with Gasteiger partial charge in [-0.15, -0.1) is 0 Å². The van der Waals surface area contributed by atoms with Gasteiger partial charge in [-0.1, -0.05) is 132 Å². The summed E-state index contributed by atoms with van der Waals surface area (Å²) in [6.45, 7) is 26.8. The van der Waals surface area contributed by atoms with E-state index in [1.807, 2.05) is 83.1 Å². The fourth-order valence-electron chi connectivity index (χ4n) is 7.18. The highest BCUT2D eigenvalue weighted by Gasteiger charge is 2.41. The van der Waals surface area contributed by atoms with Gasteiger partial charge in [-0.05, 0) is 80.0 Å². The molecule has 0 radical (unpaired) electrons. The molecule has 0 heterocycles. The average Bonchev–Trinajstić information content (AvgIpc) is 2.96. The standard InChI is InChI=1S/C44H62O8/c1-39(2,3)31-19-25(20-32(37(31)49)40(4,5)6)29(23-35(45)46)43(13,51)27-15-17-28(18-16-27)44(14,52)30(24-36(47)48)26-21-33(41(7,8)9)38(50)34(22-26)42(10,11)12/h15-22,29-30,49-52H,23-24H2,1-14H3,(H,45,46)(H,47,48). The molecule has 52 heavy (non-hydrogen) atoms. The SMILES string of the molecule is CC(C)(C)c1cc(C(CC(=O)O)C(C)(O)c2ccc(C(C)(O)C(CC(=O)O)c3cc(C(C)(C)C)c(O)c(C(C)(C)C)c3)cc2)cc(C(C)(C)C)c1O. The van der Waals surface area contributed by atoms with Crippen LogP contribution in [0.3, 0.4) is 0 Å². The predicted octanol–water partition coefficient (Wildman–Crippen LogP) is 9.22. The van der Waals surface area contributed by atoms with Crippen molar-refractivity contribution in [3.05, 3.63) is 93.0 Å². The van der Waals surface area contributed by atoms with Gasteiger partial charge in [0.25, 0.3) is 0 Å². The molecule has 0 aliphatic heterocycles. The molecule has 0 amide bonds. The van der Waals surface area contributed by atoms with E-state index in [0.717, 1.165) is 0 Å². The smallest absolute Gasteiger partial charge is 0.304 e. The van der Waals surface area contributed by atoms with E-state index >= 15 is 0 Å². The molecule has 0 saturated heterocycles. The van der Waals surface area contributed by atoms with E-state index in [1.54, 1.807) is 62.4 Å². The first-order valence-corrected chi connectivity index (χ1v) is 18.1. The molecule has 0 fully saturated rings. The summed E-state index contributed by atoms with van der Waals surface area (Å²) in [7, 11) is 0. The van der Waals surface area contributed by atoms with Crippen molar-refractivity contribution >= 4 is 11.9 Å². The summed E-state index contributed by atoms with van der Waals surface area (Å²) in [5.74, 6) is -3.72. The van der Waals surface area contributed by atoms with Crippen LogP contribution in [0, 0.1) is 0 Å². The van der Waals surface area contributed by atoms with Gasteiger partial charge >= 0.3 is 11.9 Å². The number of benzene rings is 3. The number of rotatable bonds is 10. The Morgan fingerprint density at radius 1 is 0.481 bits per heavy atom. The van der Waals surface area contributed by atoms with Crippen LogP contribution in [0.5, 0.6) is 11.5 Å². The molecule has 0 aliphatic rings. The van der Waals surface area contributed by atoms with E-state index < -0.39 is 69.5 Å². The van der Waals surface area contributed by atoms with Crippen molar-refractivity contribution in [1.82, 2.24) is 0 Å². The van der Waals surface area contributed by atoms with E-state index in [1.165, 1.54) is 0 Å². The minimum atomic E-state index is -1.70. The lowest BCUT2D eigenvalue weighted by molar-refractivity contribution is -0.140. The van der Waals surface area contributed by atoms with Gasteiger partial charge in [0, 0.05) is 11.8 Å². The first kappa shape index (κ1) is 42.5. The van der Waals surface area contributed by atoms with Crippen molar-refractivity contribution in [2.24, 2.45) is 0 Å². The molecule has 3 aromatic carbocycles. The highest BCUT2D eigenvalue weighted by atomic mass is 16.4. The second-order valence-electron chi connectivity index (χ2n) is 19.1. The maximum atomic E-state index is 12.3. The molecule has 0 saturated carbocycles. The van der Waals surface area contributed by atoms with E-state index in [4.69, 9.17) is 0 Å². The maximum Gasteiger partial charge on any atom is 0.304 e. The summed E-state index contributed by atoms with van der Waals surface area (Å²) < 4.78 is 0. The van der Waals surface area contributed by atoms with E-state index in [2.05, 4.69) is 0 Å². The Morgan fingerprint density at radius 3 is 0.865 bits per heavy atom. The van der Waals surface area contributed by atoms with E-state index in [0.29, 0.717) is 44.5 Å². The summed E-state index contributed by atoms with van der Waals surface area (Å²) in [6, 6.07) is 13.7. The number of phenols is 2. The molecule has 8 heteroatoms. The highest BCUT2D eigenvalue weighted by molar-refractivity contribution is 5.69. The summed E-state index contributed by atoms with van der Waals surface area (Å²) in [5.41, 5.74) is -0.737. The number of carboxylic acid groups (broad SMARTS) is 2. The van der Waals surface area contributed by atoms with Crippen LogP contribution in [0.1, 0.15) is 166 Å². The zero-order chi connectivity index (χ0) is 40.2. The Labute approximate surface area is 310 Å². The highest BCUT2D eigenvalue weighted by Crippen LogP contribution is 2.48. The molecule has 3 aromatic rings. The molecule has 3 rings (SSSR count). The van der Waals surface area contributed by atoms with E-state index in [9.17, 15) is 40.2 Å². The van der Waals surface area contributed by atoms with Crippen LogP contribution >= 0.6 is 0 Å². The van der Waals surface area contributed by atoms with Crippen molar-refractivity contribution in [2.45, 2.75) is 154 Å². The van der Waals surface area contributed by atoms with Crippen molar-refractivity contribution in [1.29, 1.82) is 0 Å². The second kappa shape index (κ2) is 14.2. The van der Waals surface area contributed by atoms with Gasteiger partial charge in [-0.25, -0.2) is 0 Å². The largest absolute Gasteiger partial charge is 0.507 e. The molecule has 4 atom stereocenters. The van der Waals surface area contributed by atoms with Crippen molar-refractivity contribution in [3.8, 4) is 11.5 Å². The van der Waals surface area contributed by atoms with Gasteiger partial charge in [0.15, 0.2) is 0 Å². The molecule has 6 N–H and O–H groups in total. The van der Waals surface area contributed by atoms with Gasteiger partial charge in [0.1, 0.15) is 11.5 Å². The topological polar surface area (TPSA) is 156 Å². The molecular weight excluding hydrogens is 656 g/mol. The Bertz CT molecular complexity index is 1580. The number of hydrogen-bond donors (Lipinski definition) is 6. The Hall–Kier alpha value is -3.88. The van der Waals surface area contributed by atoms with Crippen molar-refractivity contribution < 1.29 is 40.2 Å². The Kier molecular flexibility index (Phi) is 11.6. The number of carboxylic acids is 2. The van der Waals surface area contributed by atoms with Crippen LogP contribution in [0.25, 0.3) is 0 Å². The molecule has 8 nitrogen and oxygen atoms in total. The molecule has 4 unspecified atom stereocenters. The molecular formula is C44H62O8. The van der Waals surface area contributed by atoms with Crippen LogP contribution in [-0.2, 0) is 42.5 Å². The monoisotopic (exact) mass is 718 g/mol. The number of carbonyl (C=O) groups is 2. The van der Waals surface area contributed by atoms with Gasteiger partial charge in [0.05, 0.1) is 24.0 Å². The molecule has 0 aromatic heterocycles. The quantitative estimate of drug-likeness (QED) is 0.121. The third kappa shape index (κ3) is 9.00. The van der Waals surface area contributed by atoms with Crippen LogP contribution in [-0.4, -0.2) is 42.6 Å². The zero-order valence-electron chi connectivity index (χ0n) is 33.7. The third-order valence-electron chi connectivity index (χ3n) is 10.5. The average molecular weight is 719 g/mol. The minimum Gasteiger partial charge on any atom is -0.507 e. The van der Waals surface area contributed by atoms with Gasteiger partial charge in [-0.3, -0.25) is 9.59 Å². The van der Waals surface area contributed by atoms with E-state index in [-0.39, 0.29) is 11.5 Å². The first-order chi connectivity index (χ1) is 23.3. The Balaban J connectivity index is 2.23. The van der Waals surface area contributed by atoms with Gasteiger partial charge < -0.3 is 30.6 Å². The molecule has 0 bridgehead atoms. The maximum absolute atomic E-state index is 12.3. The molecule has 0 aliphatic carbocycles. The summed E-state index contributed by atoms with van der Waals surface area (Å²) in [4.78, 5) is 24.6. The van der Waals surface area contributed by atoms with Crippen LogP contribution in [0.2, 0.25) is 0 Å². The zero-order valence-corrected chi connectivity index (χ0v) is 33.7. The number of aromatic hydroxyl groups is 2. The summed E-state index contributed by atoms with van der Waals surface area (Å²) in [5, 5.41) is 67.3. The summed E-state index contributed by atoms with van der Waals surface area (Å²) >= 11 is 0. The number of aliphatic carboxylic acids is 2. The lowest BCUT2D eigenvalue weighted by Gasteiger charge is -2.37. The Morgan fingerprint density at radius 2 is 0.692 bits per heavy atom. The van der Waals surface area contributed by atoms with Crippen LogP contribution in [0.4, 0.5) is 0 Å². The normalized spacial score (nSPS) is 16.5. The lowest BCUT2D eigenvalue weighted by atomic mass is 9.71. The summed E-state index contributed by atoms with van der Waals surface area (Å²) in [6.07, 6.45) is -0.781. The van der Waals surface area contributed by atoms with Gasteiger partial charge in [-0.2, -0.15) is 0 Å². The second-order valence-corrected chi connectivity index (χ2v) is 19.1. The van der Waals surface area contributed by atoms with Crippen molar-refractivity contribution in [3.63, 3.8) is 0 Å². The fraction of sp³-hybridized carbons (Fsp3) is 0.545. The minimum absolute atomic E-state index is 0.151.